The summed E-state index contributed by atoms with van der Waals surface area (Å²) in [6, 6.07) is 11.6. The van der Waals surface area contributed by atoms with Gasteiger partial charge in [-0.25, -0.2) is 4.98 Å². The second-order valence-corrected chi connectivity index (χ2v) is 7.74. The second-order valence-electron chi connectivity index (χ2n) is 7.74. The number of aryl methyl sites for hydroxylation is 1. The summed E-state index contributed by atoms with van der Waals surface area (Å²) in [6.45, 7) is 9.07. The molecule has 2 atom stereocenters. The molecule has 0 unspecified atom stereocenters. The van der Waals surface area contributed by atoms with Crippen molar-refractivity contribution in [1.82, 2.24) is 19.4 Å². The van der Waals surface area contributed by atoms with Gasteiger partial charge in [-0.1, -0.05) is 37.3 Å². The molecule has 3 saturated heterocycles. The van der Waals surface area contributed by atoms with E-state index in [1.165, 1.54) is 50.3 Å². The third-order valence-corrected chi connectivity index (χ3v) is 5.76. The fourth-order valence-electron chi connectivity index (χ4n) is 4.55. The van der Waals surface area contributed by atoms with Crippen LogP contribution in [-0.2, 0) is 19.6 Å². The van der Waals surface area contributed by atoms with E-state index in [-0.39, 0.29) is 0 Å². The Kier molecular flexibility index (Phi) is 5.18. The van der Waals surface area contributed by atoms with Crippen LogP contribution in [0.25, 0.3) is 0 Å². The highest BCUT2D eigenvalue weighted by atomic mass is 15.3. The highest BCUT2D eigenvalue weighted by Crippen LogP contribution is 2.29. The monoisotopic (exact) mass is 338 g/mol. The number of rotatable bonds is 6. The normalized spacial score (nSPS) is 24.5. The number of fused-ring (bicyclic) bond motifs is 4. The quantitative estimate of drug-likeness (QED) is 0.807. The van der Waals surface area contributed by atoms with Gasteiger partial charge in [0.2, 0.25) is 0 Å². The zero-order valence-corrected chi connectivity index (χ0v) is 15.3. The van der Waals surface area contributed by atoms with Crippen LogP contribution in [0.4, 0.5) is 0 Å². The molecule has 25 heavy (non-hydrogen) atoms. The van der Waals surface area contributed by atoms with Crippen molar-refractivity contribution in [3.8, 4) is 0 Å². The summed E-state index contributed by atoms with van der Waals surface area (Å²) in [5.74, 6) is 2.04. The minimum Gasteiger partial charge on any atom is -0.334 e. The topological polar surface area (TPSA) is 24.3 Å². The standard InChI is InChI=1S/C21H30N4/c1-2-11-24-12-10-22-21(24)17-23-13-19-8-9-20(16-23)25(15-19)14-18-6-4-3-5-7-18/h3-7,10,12,19-20H,2,8-9,11,13-17H2,1H3/t19-,20+/m1/s1. The first kappa shape index (κ1) is 16.8. The molecule has 2 aromatic rings. The smallest absolute Gasteiger partial charge is 0.122 e. The van der Waals surface area contributed by atoms with E-state index in [0.717, 1.165) is 25.6 Å². The molecule has 0 aliphatic carbocycles. The summed E-state index contributed by atoms with van der Waals surface area (Å²) in [5.41, 5.74) is 1.44. The molecule has 1 aromatic heterocycles. The zero-order valence-electron chi connectivity index (χ0n) is 15.3. The van der Waals surface area contributed by atoms with Crippen molar-refractivity contribution in [2.24, 2.45) is 5.92 Å². The maximum atomic E-state index is 4.62. The number of aromatic nitrogens is 2. The number of imidazole rings is 1. The maximum absolute atomic E-state index is 4.62. The fourth-order valence-corrected chi connectivity index (χ4v) is 4.55. The van der Waals surface area contributed by atoms with Crippen LogP contribution in [0.1, 0.15) is 37.6 Å². The number of hydrogen-bond acceptors (Lipinski definition) is 3. The van der Waals surface area contributed by atoms with Crippen molar-refractivity contribution in [3.05, 3.63) is 54.1 Å². The van der Waals surface area contributed by atoms with Gasteiger partial charge in [0.25, 0.3) is 0 Å². The minimum atomic E-state index is 0.688. The first-order valence-corrected chi connectivity index (χ1v) is 9.82. The van der Waals surface area contributed by atoms with Gasteiger partial charge in [0, 0.05) is 51.2 Å². The van der Waals surface area contributed by atoms with Gasteiger partial charge in [-0.3, -0.25) is 9.80 Å². The summed E-state index contributed by atoms with van der Waals surface area (Å²) in [6.07, 6.45) is 7.98. The Bertz CT molecular complexity index is 666. The third-order valence-electron chi connectivity index (χ3n) is 5.76. The lowest BCUT2D eigenvalue weighted by atomic mass is 9.94. The lowest BCUT2D eigenvalue weighted by Crippen LogP contribution is -2.43. The molecule has 5 rings (SSSR count). The largest absolute Gasteiger partial charge is 0.334 e. The summed E-state index contributed by atoms with van der Waals surface area (Å²) >= 11 is 0. The first-order valence-electron chi connectivity index (χ1n) is 9.82. The van der Waals surface area contributed by atoms with Crippen LogP contribution < -0.4 is 0 Å². The first-order chi connectivity index (χ1) is 12.3. The van der Waals surface area contributed by atoms with Crippen LogP contribution in [0.15, 0.2) is 42.7 Å². The molecule has 2 bridgehead atoms. The van der Waals surface area contributed by atoms with Gasteiger partial charge in [0.1, 0.15) is 5.82 Å². The average Bonchev–Trinajstić information content (AvgIpc) is 2.87. The summed E-state index contributed by atoms with van der Waals surface area (Å²) in [5, 5.41) is 0. The van der Waals surface area contributed by atoms with E-state index >= 15 is 0 Å². The average molecular weight is 338 g/mol. The molecule has 0 N–H and O–H groups in total. The van der Waals surface area contributed by atoms with Crippen molar-refractivity contribution in [2.45, 2.75) is 51.9 Å². The van der Waals surface area contributed by atoms with E-state index in [9.17, 15) is 0 Å². The van der Waals surface area contributed by atoms with Crippen LogP contribution in [0.3, 0.4) is 0 Å². The van der Waals surface area contributed by atoms with Crippen molar-refractivity contribution < 1.29 is 0 Å². The summed E-state index contributed by atoms with van der Waals surface area (Å²) in [7, 11) is 0. The zero-order chi connectivity index (χ0) is 17.1. The molecule has 0 radical (unpaired) electrons. The Morgan fingerprint density at radius 1 is 1.04 bits per heavy atom. The van der Waals surface area contributed by atoms with Crippen LogP contribution >= 0.6 is 0 Å². The highest BCUT2D eigenvalue weighted by molar-refractivity contribution is 5.15. The lowest BCUT2D eigenvalue weighted by molar-refractivity contribution is 0.123. The molecule has 0 spiro atoms. The maximum Gasteiger partial charge on any atom is 0.122 e. The number of piperidine rings is 1. The van der Waals surface area contributed by atoms with Crippen LogP contribution in [0, 0.1) is 5.92 Å². The summed E-state index contributed by atoms with van der Waals surface area (Å²) in [4.78, 5) is 10.0. The van der Waals surface area contributed by atoms with Crippen molar-refractivity contribution in [1.29, 1.82) is 0 Å². The molecule has 0 amide bonds. The Morgan fingerprint density at radius 3 is 2.76 bits per heavy atom. The lowest BCUT2D eigenvalue weighted by Gasteiger charge is -2.36. The van der Waals surface area contributed by atoms with Crippen LogP contribution in [0.2, 0.25) is 0 Å². The van der Waals surface area contributed by atoms with Crippen molar-refractivity contribution >= 4 is 0 Å². The van der Waals surface area contributed by atoms with Crippen molar-refractivity contribution in [2.75, 3.05) is 19.6 Å². The molecule has 4 nitrogen and oxygen atoms in total. The van der Waals surface area contributed by atoms with Gasteiger partial charge in [-0.2, -0.15) is 0 Å². The molecule has 4 heteroatoms. The molecule has 3 aliphatic heterocycles. The fraction of sp³-hybridized carbons (Fsp3) is 0.571. The Balaban J connectivity index is 1.43. The van der Waals surface area contributed by atoms with Gasteiger partial charge >= 0.3 is 0 Å². The number of nitrogens with zero attached hydrogens (tertiary/aromatic N) is 4. The van der Waals surface area contributed by atoms with E-state index in [4.69, 9.17) is 0 Å². The van der Waals surface area contributed by atoms with Gasteiger partial charge in [-0.15, -0.1) is 0 Å². The number of benzene rings is 1. The Hall–Kier alpha value is -1.65. The van der Waals surface area contributed by atoms with E-state index in [0.29, 0.717) is 6.04 Å². The third kappa shape index (κ3) is 3.96. The van der Waals surface area contributed by atoms with Gasteiger partial charge in [0.05, 0.1) is 6.54 Å². The van der Waals surface area contributed by atoms with E-state index in [1.54, 1.807) is 0 Å². The highest BCUT2D eigenvalue weighted by Gasteiger charge is 2.34. The minimum absolute atomic E-state index is 0.688. The predicted octanol–water partition coefficient (Wildman–Crippen LogP) is 3.39. The van der Waals surface area contributed by atoms with Gasteiger partial charge in [-0.05, 0) is 30.7 Å². The molecule has 134 valence electrons. The molecule has 0 saturated carbocycles. The summed E-state index contributed by atoms with van der Waals surface area (Å²) < 4.78 is 2.33. The SMILES string of the molecule is CCCn1ccnc1CN1C[C@H]2CC[C@@H](C1)N(Cc1ccccc1)C2. The Labute approximate surface area is 151 Å². The molecule has 4 heterocycles. The Morgan fingerprint density at radius 2 is 1.92 bits per heavy atom. The molecule has 3 fully saturated rings. The predicted molar refractivity (Wildman–Crippen MR) is 101 cm³/mol. The van der Waals surface area contributed by atoms with E-state index in [1.807, 2.05) is 6.20 Å². The van der Waals surface area contributed by atoms with Crippen molar-refractivity contribution in [3.63, 3.8) is 0 Å². The van der Waals surface area contributed by atoms with Crippen LogP contribution in [0.5, 0.6) is 0 Å². The van der Waals surface area contributed by atoms with Gasteiger partial charge < -0.3 is 4.57 Å². The van der Waals surface area contributed by atoms with E-state index < -0.39 is 0 Å². The van der Waals surface area contributed by atoms with Gasteiger partial charge in [0.15, 0.2) is 0 Å². The molecule has 1 aromatic carbocycles. The molecular formula is C21H30N4. The van der Waals surface area contributed by atoms with E-state index in [2.05, 4.69) is 62.8 Å². The second kappa shape index (κ2) is 7.71. The number of hydrogen-bond donors (Lipinski definition) is 0. The van der Waals surface area contributed by atoms with Crippen LogP contribution in [-0.4, -0.2) is 45.0 Å². The molecule has 3 aliphatic rings. The molecular weight excluding hydrogens is 308 g/mol.